The third-order valence-electron chi connectivity index (χ3n) is 3.61. The van der Waals surface area contributed by atoms with E-state index in [1.807, 2.05) is 26.0 Å². The molecule has 0 aliphatic rings. The van der Waals surface area contributed by atoms with Gasteiger partial charge in [-0.2, -0.15) is 0 Å². The van der Waals surface area contributed by atoms with Crippen molar-refractivity contribution in [1.29, 1.82) is 0 Å². The number of aryl methyl sites for hydroxylation is 1. The van der Waals surface area contributed by atoms with Gasteiger partial charge in [0.1, 0.15) is 5.54 Å². The van der Waals surface area contributed by atoms with Crippen molar-refractivity contribution in [3.63, 3.8) is 0 Å². The fourth-order valence-electron chi connectivity index (χ4n) is 2.21. The molecule has 1 aromatic carbocycles. The molecule has 2 aromatic rings. The van der Waals surface area contributed by atoms with Crippen molar-refractivity contribution < 1.29 is 9.53 Å². The highest BCUT2D eigenvalue weighted by Crippen LogP contribution is 2.22. The number of benzene rings is 1. The van der Waals surface area contributed by atoms with Crippen molar-refractivity contribution in [2.45, 2.75) is 32.2 Å². The quantitative estimate of drug-likeness (QED) is 0.821. The summed E-state index contributed by atoms with van der Waals surface area (Å²) < 4.78 is 4.81. The summed E-state index contributed by atoms with van der Waals surface area (Å²) in [5.74, 6) is -0.378. The molecule has 0 radical (unpaired) electrons. The van der Waals surface area contributed by atoms with Crippen molar-refractivity contribution in [3.8, 4) is 0 Å². The number of rotatable bonds is 4. The predicted octanol–water partition coefficient (Wildman–Crippen LogP) is 1.69. The van der Waals surface area contributed by atoms with Crippen LogP contribution < -0.4 is 5.73 Å². The molecule has 0 bridgehead atoms. The SMILES string of the molecule is CC[C@](N)(Cc1cc2nc[nH]c2cc1C)C(=O)OC. The zero-order chi connectivity index (χ0) is 14.0. The van der Waals surface area contributed by atoms with Crippen LogP contribution in [0.5, 0.6) is 0 Å². The van der Waals surface area contributed by atoms with Crippen molar-refractivity contribution in [2.24, 2.45) is 5.73 Å². The monoisotopic (exact) mass is 261 g/mol. The number of nitrogens with zero attached hydrogens (tertiary/aromatic N) is 1. The highest BCUT2D eigenvalue weighted by Gasteiger charge is 2.33. The topological polar surface area (TPSA) is 81.0 Å². The summed E-state index contributed by atoms with van der Waals surface area (Å²) in [6.07, 6.45) is 2.63. The Morgan fingerprint density at radius 2 is 2.26 bits per heavy atom. The van der Waals surface area contributed by atoms with E-state index in [1.165, 1.54) is 7.11 Å². The molecule has 0 saturated carbocycles. The van der Waals surface area contributed by atoms with Gasteiger partial charge in [0.25, 0.3) is 0 Å². The number of imidazole rings is 1. The summed E-state index contributed by atoms with van der Waals surface area (Å²) in [5, 5.41) is 0. The largest absolute Gasteiger partial charge is 0.468 e. The number of nitrogens with two attached hydrogens (primary N) is 1. The number of carbonyl (C=O) groups excluding carboxylic acids is 1. The van der Waals surface area contributed by atoms with Gasteiger partial charge >= 0.3 is 5.97 Å². The molecule has 102 valence electrons. The van der Waals surface area contributed by atoms with Crippen molar-refractivity contribution in [1.82, 2.24) is 9.97 Å². The van der Waals surface area contributed by atoms with Gasteiger partial charge in [0.2, 0.25) is 0 Å². The minimum atomic E-state index is -0.983. The molecule has 1 heterocycles. The Hall–Kier alpha value is -1.88. The van der Waals surface area contributed by atoms with Crippen LogP contribution in [-0.4, -0.2) is 28.6 Å². The lowest BCUT2D eigenvalue weighted by atomic mass is 9.87. The normalized spacial score (nSPS) is 14.3. The number of carbonyl (C=O) groups is 1. The molecule has 0 aliphatic heterocycles. The molecule has 5 heteroatoms. The van der Waals surface area contributed by atoms with E-state index in [9.17, 15) is 4.79 Å². The van der Waals surface area contributed by atoms with Crippen molar-refractivity contribution in [3.05, 3.63) is 29.6 Å². The number of methoxy groups -OCH3 is 1. The summed E-state index contributed by atoms with van der Waals surface area (Å²) >= 11 is 0. The summed E-state index contributed by atoms with van der Waals surface area (Å²) in [6.45, 7) is 3.89. The van der Waals surface area contributed by atoms with Gasteiger partial charge < -0.3 is 15.5 Å². The van der Waals surface area contributed by atoms with E-state index in [-0.39, 0.29) is 5.97 Å². The molecule has 3 N–H and O–H groups in total. The lowest BCUT2D eigenvalue weighted by Crippen LogP contribution is -2.50. The second kappa shape index (κ2) is 5.01. The molecule has 1 aromatic heterocycles. The Kier molecular flexibility index (Phi) is 3.57. The Bertz CT molecular complexity index is 606. The fraction of sp³-hybridized carbons (Fsp3) is 0.429. The van der Waals surface area contributed by atoms with E-state index in [4.69, 9.17) is 10.5 Å². The van der Waals surface area contributed by atoms with Crippen LogP contribution in [0.4, 0.5) is 0 Å². The Balaban J connectivity index is 2.38. The molecule has 0 fully saturated rings. The minimum absolute atomic E-state index is 0.378. The molecule has 19 heavy (non-hydrogen) atoms. The molecule has 0 saturated heterocycles. The number of ether oxygens (including phenoxy) is 1. The number of aromatic nitrogens is 2. The first-order valence-corrected chi connectivity index (χ1v) is 6.30. The highest BCUT2D eigenvalue weighted by atomic mass is 16.5. The minimum Gasteiger partial charge on any atom is -0.468 e. The number of fused-ring (bicyclic) bond motifs is 1. The number of aromatic amines is 1. The van der Waals surface area contributed by atoms with Gasteiger partial charge in [-0.05, 0) is 36.6 Å². The zero-order valence-electron chi connectivity index (χ0n) is 11.5. The van der Waals surface area contributed by atoms with Crippen LogP contribution in [0.15, 0.2) is 18.5 Å². The number of H-pyrrole nitrogens is 1. The van der Waals surface area contributed by atoms with Gasteiger partial charge in [0.15, 0.2) is 0 Å². The molecule has 1 atom stereocenters. The second-order valence-corrected chi connectivity index (χ2v) is 4.88. The van der Waals surface area contributed by atoms with E-state index in [0.717, 1.165) is 22.2 Å². The molecule has 0 aliphatic carbocycles. The van der Waals surface area contributed by atoms with Crippen molar-refractivity contribution >= 4 is 17.0 Å². The van der Waals surface area contributed by atoms with Crippen LogP contribution in [0.3, 0.4) is 0 Å². The van der Waals surface area contributed by atoms with Crippen LogP contribution >= 0.6 is 0 Å². The van der Waals surface area contributed by atoms with Crippen LogP contribution in [-0.2, 0) is 16.0 Å². The summed E-state index contributed by atoms with van der Waals surface area (Å²) in [7, 11) is 1.36. The Labute approximate surface area is 112 Å². The third-order valence-corrected chi connectivity index (χ3v) is 3.61. The predicted molar refractivity (Wildman–Crippen MR) is 73.8 cm³/mol. The van der Waals surface area contributed by atoms with Gasteiger partial charge in [0, 0.05) is 6.42 Å². The van der Waals surface area contributed by atoms with Gasteiger partial charge in [-0.15, -0.1) is 0 Å². The van der Waals surface area contributed by atoms with Gasteiger partial charge in [-0.25, -0.2) is 4.98 Å². The number of nitrogens with one attached hydrogen (secondary N) is 1. The Morgan fingerprint density at radius 1 is 1.53 bits per heavy atom. The summed E-state index contributed by atoms with van der Waals surface area (Å²) in [6, 6.07) is 3.99. The lowest BCUT2D eigenvalue weighted by Gasteiger charge is -2.25. The van der Waals surface area contributed by atoms with Crippen LogP contribution in [0.25, 0.3) is 11.0 Å². The second-order valence-electron chi connectivity index (χ2n) is 4.88. The highest BCUT2D eigenvalue weighted by molar-refractivity contribution is 5.82. The molecule has 0 amide bonds. The summed E-state index contributed by atoms with van der Waals surface area (Å²) in [4.78, 5) is 19.1. The van der Waals surface area contributed by atoms with E-state index in [2.05, 4.69) is 9.97 Å². The van der Waals surface area contributed by atoms with Crippen LogP contribution in [0.1, 0.15) is 24.5 Å². The number of esters is 1. The van der Waals surface area contributed by atoms with Gasteiger partial charge in [-0.1, -0.05) is 6.92 Å². The van der Waals surface area contributed by atoms with E-state index in [0.29, 0.717) is 12.8 Å². The lowest BCUT2D eigenvalue weighted by molar-refractivity contribution is -0.147. The van der Waals surface area contributed by atoms with Gasteiger partial charge in [-0.3, -0.25) is 4.79 Å². The van der Waals surface area contributed by atoms with Crippen molar-refractivity contribution in [2.75, 3.05) is 7.11 Å². The maximum Gasteiger partial charge on any atom is 0.326 e. The fourth-order valence-corrected chi connectivity index (χ4v) is 2.21. The van der Waals surface area contributed by atoms with Crippen LogP contribution in [0.2, 0.25) is 0 Å². The molecule has 0 unspecified atom stereocenters. The van der Waals surface area contributed by atoms with Crippen LogP contribution in [0, 0.1) is 6.92 Å². The molecule has 5 nitrogen and oxygen atoms in total. The smallest absolute Gasteiger partial charge is 0.326 e. The first-order chi connectivity index (χ1) is 9.00. The average Bonchev–Trinajstić information content (AvgIpc) is 2.85. The van der Waals surface area contributed by atoms with E-state index >= 15 is 0 Å². The maximum atomic E-state index is 11.8. The molecular formula is C14H19N3O2. The zero-order valence-corrected chi connectivity index (χ0v) is 11.5. The van der Waals surface area contributed by atoms with E-state index < -0.39 is 5.54 Å². The summed E-state index contributed by atoms with van der Waals surface area (Å²) in [5.41, 5.74) is 9.16. The molecular weight excluding hydrogens is 242 g/mol. The van der Waals surface area contributed by atoms with Gasteiger partial charge in [0.05, 0.1) is 24.5 Å². The third kappa shape index (κ3) is 2.46. The molecule has 2 rings (SSSR count). The first-order valence-electron chi connectivity index (χ1n) is 6.30. The Morgan fingerprint density at radius 3 is 2.89 bits per heavy atom. The standard InChI is InChI=1S/C14H19N3O2/c1-4-14(15,13(18)19-3)7-10-6-12-11(5-9(10)2)16-8-17-12/h5-6,8H,4,7,15H2,1-3H3,(H,16,17)/t14-/m0/s1. The van der Waals surface area contributed by atoms with E-state index in [1.54, 1.807) is 6.33 Å². The average molecular weight is 261 g/mol. The number of hydrogen-bond acceptors (Lipinski definition) is 4. The molecule has 0 spiro atoms. The first kappa shape index (κ1) is 13.5. The maximum absolute atomic E-state index is 11.8. The number of hydrogen-bond donors (Lipinski definition) is 2.